The summed E-state index contributed by atoms with van der Waals surface area (Å²) in [5.74, 6) is 0.327. The molecule has 0 saturated carbocycles. The van der Waals surface area contributed by atoms with Crippen LogP contribution in [0.15, 0.2) is 18.2 Å². The number of halogens is 3. The second kappa shape index (κ2) is 8.90. The average Bonchev–Trinajstić information content (AvgIpc) is 2.48. The minimum Gasteiger partial charge on any atom is -0.339 e. The third-order valence-electron chi connectivity index (χ3n) is 3.87. The number of amides is 1. The molecule has 0 spiro atoms. The van der Waals surface area contributed by atoms with Crippen molar-refractivity contribution in [3.8, 4) is 0 Å². The van der Waals surface area contributed by atoms with Gasteiger partial charge in [0.25, 0.3) is 5.91 Å². The van der Waals surface area contributed by atoms with Gasteiger partial charge in [-0.05, 0) is 79.6 Å². The SMILES string of the molecule is CNCCC1CCN(C(=O)c2ccc(I)c(F)c2)CC1.Cl. The predicted octanol–water partition coefficient (Wildman–Crippen LogP) is 3.31. The molecule has 21 heavy (non-hydrogen) atoms. The van der Waals surface area contributed by atoms with Crippen LogP contribution in [-0.2, 0) is 0 Å². The van der Waals surface area contributed by atoms with Crippen LogP contribution in [0, 0.1) is 15.3 Å². The van der Waals surface area contributed by atoms with E-state index >= 15 is 0 Å². The topological polar surface area (TPSA) is 32.3 Å². The summed E-state index contributed by atoms with van der Waals surface area (Å²) in [6.45, 7) is 2.59. The highest BCUT2D eigenvalue weighted by molar-refractivity contribution is 14.1. The number of rotatable bonds is 4. The van der Waals surface area contributed by atoms with Gasteiger partial charge in [-0.2, -0.15) is 0 Å². The van der Waals surface area contributed by atoms with Crippen molar-refractivity contribution >= 4 is 40.9 Å². The highest BCUT2D eigenvalue weighted by atomic mass is 127. The fourth-order valence-corrected chi connectivity index (χ4v) is 2.92. The third kappa shape index (κ3) is 5.07. The summed E-state index contributed by atoms with van der Waals surface area (Å²) in [4.78, 5) is 14.2. The van der Waals surface area contributed by atoms with Crippen LogP contribution in [0.2, 0.25) is 0 Å². The highest BCUT2D eigenvalue weighted by Crippen LogP contribution is 2.22. The number of piperidine rings is 1. The van der Waals surface area contributed by atoms with Crippen LogP contribution in [0.25, 0.3) is 0 Å². The van der Waals surface area contributed by atoms with Crippen molar-refractivity contribution in [3.63, 3.8) is 0 Å². The lowest BCUT2D eigenvalue weighted by Gasteiger charge is -2.32. The first kappa shape index (κ1) is 18.6. The van der Waals surface area contributed by atoms with Crippen LogP contribution < -0.4 is 5.32 Å². The lowest BCUT2D eigenvalue weighted by molar-refractivity contribution is 0.0686. The molecule has 1 aliphatic heterocycles. The van der Waals surface area contributed by atoms with Gasteiger partial charge in [0, 0.05) is 22.2 Å². The molecule has 2 rings (SSSR count). The minimum atomic E-state index is -0.319. The Morgan fingerprint density at radius 3 is 2.67 bits per heavy atom. The van der Waals surface area contributed by atoms with Gasteiger partial charge in [-0.15, -0.1) is 12.4 Å². The molecule has 0 unspecified atom stereocenters. The van der Waals surface area contributed by atoms with E-state index < -0.39 is 0 Å². The van der Waals surface area contributed by atoms with Gasteiger partial charge < -0.3 is 10.2 Å². The highest BCUT2D eigenvalue weighted by Gasteiger charge is 2.23. The monoisotopic (exact) mass is 426 g/mol. The Morgan fingerprint density at radius 1 is 1.43 bits per heavy atom. The normalized spacial score (nSPS) is 15.7. The minimum absolute atomic E-state index is 0. The van der Waals surface area contributed by atoms with Crippen molar-refractivity contribution in [2.45, 2.75) is 19.3 Å². The van der Waals surface area contributed by atoms with Crippen molar-refractivity contribution in [2.24, 2.45) is 5.92 Å². The van der Waals surface area contributed by atoms with Gasteiger partial charge in [-0.3, -0.25) is 4.79 Å². The van der Waals surface area contributed by atoms with E-state index in [-0.39, 0.29) is 24.1 Å². The number of nitrogens with zero attached hydrogens (tertiary/aromatic N) is 1. The smallest absolute Gasteiger partial charge is 0.253 e. The average molecular weight is 427 g/mol. The van der Waals surface area contributed by atoms with E-state index in [0.29, 0.717) is 15.1 Å². The van der Waals surface area contributed by atoms with Crippen molar-refractivity contribution < 1.29 is 9.18 Å². The van der Waals surface area contributed by atoms with E-state index in [1.54, 1.807) is 12.1 Å². The number of hydrogen-bond acceptors (Lipinski definition) is 2. The number of likely N-dealkylation sites (tertiary alicyclic amines) is 1. The van der Waals surface area contributed by atoms with E-state index in [1.807, 2.05) is 34.5 Å². The Labute approximate surface area is 145 Å². The molecule has 1 amide bonds. The third-order valence-corrected chi connectivity index (χ3v) is 4.75. The van der Waals surface area contributed by atoms with Gasteiger partial charge in [-0.1, -0.05) is 0 Å². The zero-order valence-corrected chi connectivity index (χ0v) is 15.0. The predicted molar refractivity (Wildman–Crippen MR) is 93.5 cm³/mol. The largest absolute Gasteiger partial charge is 0.339 e. The maximum absolute atomic E-state index is 13.5. The van der Waals surface area contributed by atoms with Gasteiger partial charge >= 0.3 is 0 Å². The fraction of sp³-hybridized carbons (Fsp3) is 0.533. The van der Waals surface area contributed by atoms with E-state index in [0.717, 1.165) is 38.9 Å². The van der Waals surface area contributed by atoms with E-state index in [1.165, 1.54) is 6.07 Å². The van der Waals surface area contributed by atoms with Crippen LogP contribution in [-0.4, -0.2) is 37.5 Å². The lowest BCUT2D eigenvalue weighted by Crippen LogP contribution is -2.39. The molecular formula is C15H21ClFIN2O. The number of carbonyl (C=O) groups excluding carboxylic acids is 1. The molecule has 0 radical (unpaired) electrons. The summed E-state index contributed by atoms with van der Waals surface area (Å²) in [7, 11) is 1.96. The van der Waals surface area contributed by atoms with E-state index in [4.69, 9.17) is 0 Å². The van der Waals surface area contributed by atoms with Crippen LogP contribution in [0.5, 0.6) is 0 Å². The molecule has 0 aliphatic carbocycles. The summed E-state index contributed by atoms with van der Waals surface area (Å²) < 4.78 is 14.1. The number of hydrogen-bond donors (Lipinski definition) is 1. The molecule has 0 bridgehead atoms. The molecular weight excluding hydrogens is 406 g/mol. The zero-order valence-electron chi connectivity index (χ0n) is 12.1. The van der Waals surface area contributed by atoms with Crippen LogP contribution >= 0.6 is 35.0 Å². The molecule has 1 aromatic carbocycles. The molecule has 118 valence electrons. The number of carbonyl (C=O) groups is 1. The van der Waals surface area contributed by atoms with E-state index in [2.05, 4.69) is 5.32 Å². The molecule has 1 saturated heterocycles. The second-order valence-corrected chi connectivity index (χ2v) is 6.42. The summed E-state index contributed by atoms with van der Waals surface area (Å²) in [5.41, 5.74) is 0.455. The summed E-state index contributed by atoms with van der Waals surface area (Å²) in [5, 5.41) is 3.16. The Morgan fingerprint density at radius 2 is 2.10 bits per heavy atom. The zero-order chi connectivity index (χ0) is 14.5. The first-order valence-electron chi connectivity index (χ1n) is 7.00. The lowest BCUT2D eigenvalue weighted by atomic mass is 9.93. The molecule has 1 heterocycles. The molecule has 6 heteroatoms. The first-order chi connectivity index (χ1) is 9.61. The maximum atomic E-state index is 13.5. The van der Waals surface area contributed by atoms with Crippen molar-refractivity contribution in [2.75, 3.05) is 26.7 Å². The molecule has 0 atom stereocenters. The molecule has 0 aromatic heterocycles. The standard InChI is InChI=1S/C15H20FIN2O.ClH/c1-18-7-4-11-5-8-19(9-6-11)15(20)12-2-3-14(17)13(16)10-12;/h2-3,10-11,18H,4-9H2,1H3;1H. The van der Waals surface area contributed by atoms with Crippen LogP contribution in [0.1, 0.15) is 29.6 Å². The number of nitrogens with one attached hydrogen (secondary N) is 1. The molecule has 1 N–H and O–H groups in total. The Balaban J connectivity index is 0.00000220. The van der Waals surface area contributed by atoms with Gasteiger partial charge in [0.05, 0.1) is 0 Å². The van der Waals surface area contributed by atoms with Crippen molar-refractivity contribution in [3.05, 3.63) is 33.1 Å². The fourth-order valence-electron chi connectivity index (χ4n) is 2.58. The Bertz CT molecular complexity index is 479. The van der Waals surface area contributed by atoms with Crippen molar-refractivity contribution in [1.82, 2.24) is 10.2 Å². The van der Waals surface area contributed by atoms with E-state index in [9.17, 15) is 9.18 Å². The van der Waals surface area contributed by atoms with Crippen molar-refractivity contribution in [1.29, 1.82) is 0 Å². The molecule has 1 aromatic rings. The van der Waals surface area contributed by atoms with Gasteiger partial charge in [0.2, 0.25) is 0 Å². The number of benzene rings is 1. The second-order valence-electron chi connectivity index (χ2n) is 5.26. The summed E-state index contributed by atoms with van der Waals surface area (Å²) in [6.07, 6.45) is 3.25. The molecule has 3 nitrogen and oxygen atoms in total. The summed E-state index contributed by atoms with van der Waals surface area (Å²) >= 11 is 1.93. The van der Waals surface area contributed by atoms with Gasteiger partial charge in [0.1, 0.15) is 5.82 Å². The molecule has 1 fully saturated rings. The van der Waals surface area contributed by atoms with Crippen LogP contribution in [0.3, 0.4) is 0 Å². The molecule has 1 aliphatic rings. The maximum Gasteiger partial charge on any atom is 0.253 e. The Hall–Kier alpha value is -0.400. The summed E-state index contributed by atoms with van der Waals surface area (Å²) in [6, 6.07) is 4.71. The Kier molecular flexibility index (Phi) is 7.90. The van der Waals surface area contributed by atoms with Gasteiger partial charge in [-0.25, -0.2) is 4.39 Å². The quantitative estimate of drug-likeness (QED) is 0.749. The first-order valence-corrected chi connectivity index (χ1v) is 8.08. The van der Waals surface area contributed by atoms with Crippen LogP contribution in [0.4, 0.5) is 4.39 Å². The van der Waals surface area contributed by atoms with Gasteiger partial charge in [0.15, 0.2) is 0 Å².